The van der Waals surface area contributed by atoms with Gasteiger partial charge in [0.25, 0.3) is 0 Å². The summed E-state index contributed by atoms with van der Waals surface area (Å²) in [5, 5.41) is 6.22. The monoisotopic (exact) mass is 133 g/mol. The SMILES string of the molecule is [Zn].[c-]1conn1. The molecule has 28 valence electrons. The molecule has 1 heterocycles. The van der Waals surface area contributed by atoms with Crippen LogP contribution < -0.4 is 0 Å². The van der Waals surface area contributed by atoms with E-state index in [1.165, 1.54) is 6.26 Å². The van der Waals surface area contributed by atoms with Crippen molar-refractivity contribution in [1.82, 2.24) is 10.4 Å². The minimum absolute atomic E-state index is 0. The molecule has 0 amide bonds. The van der Waals surface area contributed by atoms with Crippen molar-refractivity contribution in [2.45, 2.75) is 0 Å². The van der Waals surface area contributed by atoms with E-state index in [1.807, 2.05) is 0 Å². The van der Waals surface area contributed by atoms with E-state index in [1.54, 1.807) is 0 Å². The molecule has 0 radical (unpaired) electrons. The van der Waals surface area contributed by atoms with Gasteiger partial charge in [-0.2, -0.15) is 0 Å². The molecule has 0 fully saturated rings. The van der Waals surface area contributed by atoms with Gasteiger partial charge in [0.1, 0.15) is 0 Å². The Morgan fingerprint density at radius 1 is 1.67 bits per heavy atom. The zero-order chi connectivity index (χ0) is 3.54. The molecule has 0 atom stereocenters. The van der Waals surface area contributed by atoms with E-state index in [-0.39, 0.29) is 19.5 Å². The number of aromatic nitrogens is 2. The summed E-state index contributed by atoms with van der Waals surface area (Å²) in [4.78, 5) is 0. The Labute approximate surface area is 47.5 Å². The van der Waals surface area contributed by atoms with E-state index < -0.39 is 0 Å². The van der Waals surface area contributed by atoms with Crippen molar-refractivity contribution in [2.24, 2.45) is 0 Å². The van der Waals surface area contributed by atoms with Gasteiger partial charge in [0, 0.05) is 19.5 Å². The Morgan fingerprint density at radius 2 is 2.50 bits per heavy atom. The third kappa shape index (κ3) is 1.27. The Balaban J connectivity index is 0.000000250. The predicted octanol–water partition coefficient (Wildman–Crippen LogP) is -0.133. The molecule has 1 aromatic heterocycles. The largest absolute Gasteiger partial charge is 0.386 e. The molecule has 0 aromatic carbocycles. The maximum Gasteiger partial charge on any atom is 0 e. The fourth-order valence-electron chi connectivity index (χ4n) is 0.118. The number of hydrogen-bond acceptors (Lipinski definition) is 3. The van der Waals surface area contributed by atoms with Gasteiger partial charge in [0.05, 0.1) is 0 Å². The van der Waals surface area contributed by atoms with E-state index in [9.17, 15) is 0 Å². The predicted molar refractivity (Wildman–Crippen MR) is 13.1 cm³/mol. The molecular formula is C2HN2OZn-. The van der Waals surface area contributed by atoms with Gasteiger partial charge in [-0.1, -0.05) is 0 Å². The molecule has 0 aliphatic heterocycles. The summed E-state index contributed by atoms with van der Waals surface area (Å²) in [6, 6.07) is 0. The normalized spacial score (nSPS) is 6.67. The van der Waals surface area contributed by atoms with Crippen LogP contribution in [0.25, 0.3) is 0 Å². The molecule has 1 aromatic rings. The van der Waals surface area contributed by atoms with Crippen LogP contribution in [0.3, 0.4) is 0 Å². The fourth-order valence-corrected chi connectivity index (χ4v) is 0.118. The molecular weight excluding hydrogens is 133 g/mol. The smallest absolute Gasteiger partial charge is 0 e. The van der Waals surface area contributed by atoms with Crippen LogP contribution in [-0.4, -0.2) is 10.4 Å². The van der Waals surface area contributed by atoms with Crippen molar-refractivity contribution < 1.29 is 24.0 Å². The number of hydrogen-bond donors (Lipinski definition) is 0. The molecule has 4 heteroatoms. The molecule has 0 N–H and O–H groups in total. The Hall–Kier alpha value is -0.237. The summed E-state index contributed by atoms with van der Waals surface area (Å²) < 4.78 is 4.17. The van der Waals surface area contributed by atoms with Gasteiger partial charge < -0.3 is 15.8 Å². The van der Waals surface area contributed by atoms with Gasteiger partial charge in [-0.05, 0) is 11.5 Å². The van der Waals surface area contributed by atoms with E-state index in [0.717, 1.165) is 0 Å². The topological polar surface area (TPSA) is 38.9 Å². The van der Waals surface area contributed by atoms with Crippen LogP contribution in [0.1, 0.15) is 0 Å². The quantitative estimate of drug-likeness (QED) is 0.366. The van der Waals surface area contributed by atoms with Crippen LogP contribution in [0.15, 0.2) is 10.8 Å². The minimum atomic E-state index is 0. The summed E-state index contributed by atoms with van der Waals surface area (Å²) >= 11 is 0. The van der Waals surface area contributed by atoms with Gasteiger partial charge in [0.2, 0.25) is 0 Å². The summed E-state index contributed by atoms with van der Waals surface area (Å²) in [5.74, 6) is 0. The molecule has 0 bridgehead atoms. The van der Waals surface area contributed by atoms with Gasteiger partial charge in [-0.15, -0.1) is 0 Å². The average Bonchev–Trinajstić information content (AvgIpc) is 1.76. The fraction of sp³-hybridized carbons (Fsp3) is 0. The molecule has 1 rings (SSSR count). The standard InChI is InChI=1S/C2HN2O.Zn/c1-2-5-4-3-1;/h2H;/q-1;. The van der Waals surface area contributed by atoms with Crippen molar-refractivity contribution in [1.29, 1.82) is 0 Å². The number of rotatable bonds is 0. The second kappa shape index (κ2) is 2.97. The van der Waals surface area contributed by atoms with Crippen molar-refractivity contribution in [3.63, 3.8) is 0 Å². The summed E-state index contributed by atoms with van der Waals surface area (Å²) in [5.41, 5.74) is 0. The van der Waals surface area contributed by atoms with Crippen LogP contribution in [0.5, 0.6) is 0 Å². The van der Waals surface area contributed by atoms with Crippen LogP contribution in [0.2, 0.25) is 0 Å². The van der Waals surface area contributed by atoms with Crippen molar-refractivity contribution >= 4 is 0 Å². The van der Waals surface area contributed by atoms with Gasteiger partial charge in [-0.25, -0.2) is 0 Å². The molecule has 0 aliphatic rings. The molecule has 0 saturated carbocycles. The third-order valence-electron chi connectivity index (χ3n) is 0.251. The molecule has 0 spiro atoms. The molecule has 0 aliphatic carbocycles. The van der Waals surface area contributed by atoms with Crippen LogP contribution in [-0.2, 0) is 19.5 Å². The zero-order valence-corrected chi connectivity index (χ0v) is 6.05. The minimum Gasteiger partial charge on any atom is -0.386 e. The first-order chi connectivity index (χ1) is 2.50. The number of nitrogens with zero attached hydrogens (tertiary/aromatic N) is 2. The summed E-state index contributed by atoms with van der Waals surface area (Å²) in [6.07, 6.45) is 3.61. The van der Waals surface area contributed by atoms with E-state index in [4.69, 9.17) is 0 Å². The van der Waals surface area contributed by atoms with Crippen molar-refractivity contribution in [3.05, 3.63) is 12.5 Å². The zero-order valence-electron chi connectivity index (χ0n) is 3.09. The first-order valence-corrected chi connectivity index (χ1v) is 1.13. The van der Waals surface area contributed by atoms with Crippen LogP contribution in [0.4, 0.5) is 0 Å². The first-order valence-electron chi connectivity index (χ1n) is 1.13. The van der Waals surface area contributed by atoms with E-state index in [0.29, 0.717) is 0 Å². The van der Waals surface area contributed by atoms with Gasteiger partial charge in [-0.3, -0.25) is 0 Å². The van der Waals surface area contributed by atoms with Crippen LogP contribution >= 0.6 is 0 Å². The third-order valence-corrected chi connectivity index (χ3v) is 0.251. The second-order valence-corrected chi connectivity index (χ2v) is 0.534. The van der Waals surface area contributed by atoms with Crippen LogP contribution in [0, 0.1) is 6.20 Å². The molecule has 0 unspecified atom stereocenters. The Bertz CT molecular complexity index is 68.0. The van der Waals surface area contributed by atoms with E-state index in [2.05, 4.69) is 21.1 Å². The van der Waals surface area contributed by atoms with Gasteiger partial charge >= 0.3 is 0 Å². The first kappa shape index (κ1) is 5.76. The maximum atomic E-state index is 4.17. The Morgan fingerprint density at radius 3 is 2.67 bits per heavy atom. The molecule has 0 saturated heterocycles. The molecule has 3 nitrogen and oxygen atoms in total. The molecule has 6 heavy (non-hydrogen) atoms. The van der Waals surface area contributed by atoms with E-state index >= 15 is 0 Å². The summed E-state index contributed by atoms with van der Waals surface area (Å²) in [6.45, 7) is 0. The van der Waals surface area contributed by atoms with Gasteiger partial charge in [0.15, 0.2) is 0 Å². The van der Waals surface area contributed by atoms with Crippen molar-refractivity contribution in [3.8, 4) is 0 Å². The maximum absolute atomic E-state index is 4.17. The van der Waals surface area contributed by atoms with Crippen molar-refractivity contribution in [2.75, 3.05) is 0 Å². The second-order valence-electron chi connectivity index (χ2n) is 0.534. The Kier molecular flexibility index (Phi) is 2.86. The average molecular weight is 134 g/mol. The summed E-state index contributed by atoms with van der Waals surface area (Å²) in [7, 11) is 0.